The Morgan fingerprint density at radius 3 is 2.62 bits per heavy atom. The highest BCUT2D eigenvalue weighted by Gasteiger charge is 2.22. The summed E-state index contributed by atoms with van der Waals surface area (Å²) in [6.45, 7) is -0.162. The highest BCUT2D eigenvalue weighted by Crippen LogP contribution is 2.33. The number of nitro benzene ring substituents is 2. The normalized spacial score (nSPS) is 12.6. The molecule has 0 aromatic heterocycles. The Labute approximate surface area is 146 Å². The molecule has 1 aliphatic rings. The van der Waals surface area contributed by atoms with E-state index in [1.807, 2.05) is 0 Å². The van der Waals surface area contributed by atoms with E-state index in [4.69, 9.17) is 14.2 Å². The van der Waals surface area contributed by atoms with Crippen LogP contribution in [0, 0.1) is 20.2 Å². The van der Waals surface area contributed by atoms with Crippen molar-refractivity contribution in [2.24, 2.45) is 0 Å². The van der Waals surface area contributed by atoms with E-state index in [9.17, 15) is 25.0 Å². The molecule has 26 heavy (non-hydrogen) atoms. The summed E-state index contributed by atoms with van der Waals surface area (Å²) in [5, 5.41) is 21.8. The monoisotopic (exact) mass is 360 g/mol. The van der Waals surface area contributed by atoms with Gasteiger partial charge in [0, 0.05) is 35.4 Å². The van der Waals surface area contributed by atoms with Crippen molar-refractivity contribution in [3.63, 3.8) is 0 Å². The van der Waals surface area contributed by atoms with Crippen molar-refractivity contribution in [3.8, 4) is 5.75 Å². The second kappa shape index (κ2) is 7.15. The molecular formula is C16H12N2O8. The first-order valence-corrected chi connectivity index (χ1v) is 7.38. The number of esters is 1. The van der Waals surface area contributed by atoms with Gasteiger partial charge in [0.15, 0.2) is 6.79 Å². The van der Waals surface area contributed by atoms with Gasteiger partial charge in [-0.05, 0) is 6.07 Å². The molecule has 0 N–H and O–H groups in total. The molecule has 0 amide bonds. The zero-order valence-electron chi connectivity index (χ0n) is 13.2. The number of fused-ring (bicyclic) bond motifs is 1. The van der Waals surface area contributed by atoms with E-state index in [-0.39, 0.29) is 36.9 Å². The maximum Gasteiger partial charge on any atom is 0.338 e. The van der Waals surface area contributed by atoms with Gasteiger partial charge in [0.05, 0.1) is 22.0 Å². The Kier molecular flexibility index (Phi) is 4.76. The molecule has 0 saturated heterocycles. The van der Waals surface area contributed by atoms with Gasteiger partial charge in [-0.1, -0.05) is 6.07 Å². The SMILES string of the molecule is O=C(OCc1cc([N+](=O)[O-])cc2c1OCOC2)c1cccc([N+](=O)[O-])c1. The summed E-state index contributed by atoms with van der Waals surface area (Å²) >= 11 is 0. The van der Waals surface area contributed by atoms with Crippen LogP contribution in [0.4, 0.5) is 11.4 Å². The van der Waals surface area contributed by atoms with Gasteiger partial charge in [-0.25, -0.2) is 4.79 Å². The van der Waals surface area contributed by atoms with E-state index < -0.39 is 15.8 Å². The number of rotatable bonds is 5. The quantitative estimate of drug-likeness (QED) is 0.452. The minimum Gasteiger partial charge on any atom is -0.467 e. The topological polar surface area (TPSA) is 131 Å². The van der Waals surface area contributed by atoms with E-state index in [2.05, 4.69) is 0 Å². The third kappa shape index (κ3) is 3.59. The van der Waals surface area contributed by atoms with Crippen LogP contribution in [0.15, 0.2) is 36.4 Å². The smallest absolute Gasteiger partial charge is 0.338 e. The van der Waals surface area contributed by atoms with Gasteiger partial charge in [-0.15, -0.1) is 0 Å². The third-order valence-corrected chi connectivity index (χ3v) is 3.63. The molecule has 0 saturated carbocycles. The summed E-state index contributed by atoms with van der Waals surface area (Å²) in [6, 6.07) is 7.68. The lowest BCUT2D eigenvalue weighted by atomic mass is 10.1. The second-order valence-corrected chi connectivity index (χ2v) is 5.34. The van der Waals surface area contributed by atoms with Gasteiger partial charge in [0.25, 0.3) is 11.4 Å². The molecular weight excluding hydrogens is 348 g/mol. The van der Waals surface area contributed by atoms with Crippen molar-refractivity contribution < 1.29 is 28.9 Å². The van der Waals surface area contributed by atoms with Crippen LogP contribution in [0.25, 0.3) is 0 Å². The molecule has 0 radical (unpaired) electrons. The van der Waals surface area contributed by atoms with Crippen LogP contribution in [0.5, 0.6) is 5.75 Å². The largest absolute Gasteiger partial charge is 0.467 e. The number of nitro groups is 2. The molecule has 3 rings (SSSR count). The Balaban J connectivity index is 1.82. The predicted molar refractivity (Wildman–Crippen MR) is 85.6 cm³/mol. The Morgan fingerprint density at radius 2 is 1.88 bits per heavy atom. The molecule has 10 nitrogen and oxygen atoms in total. The number of carbonyl (C=O) groups excluding carboxylic acids is 1. The van der Waals surface area contributed by atoms with Crippen molar-refractivity contribution in [2.75, 3.05) is 6.79 Å². The Morgan fingerprint density at radius 1 is 1.12 bits per heavy atom. The van der Waals surface area contributed by atoms with Gasteiger partial charge in [-0.2, -0.15) is 0 Å². The summed E-state index contributed by atoms with van der Waals surface area (Å²) < 4.78 is 15.6. The summed E-state index contributed by atoms with van der Waals surface area (Å²) in [4.78, 5) is 32.8. The van der Waals surface area contributed by atoms with Crippen LogP contribution in [0.3, 0.4) is 0 Å². The maximum absolute atomic E-state index is 12.1. The van der Waals surface area contributed by atoms with Crippen molar-refractivity contribution in [2.45, 2.75) is 13.2 Å². The van der Waals surface area contributed by atoms with Gasteiger partial charge in [-0.3, -0.25) is 20.2 Å². The molecule has 2 aromatic rings. The van der Waals surface area contributed by atoms with Crippen LogP contribution < -0.4 is 4.74 Å². The molecule has 0 aliphatic carbocycles. The lowest BCUT2D eigenvalue weighted by Gasteiger charge is -2.20. The summed E-state index contributed by atoms with van der Waals surface area (Å²) in [5.41, 5.74) is 0.373. The highest BCUT2D eigenvalue weighted by molar-refractivity contribution is 5.90. The molecule has 1 heterocycles. The number of carbonyl (C=O) groups is 1. The fourth-order valence-electron chi connectivity index (χ4n) is 2.47. The predicted octanol–water partition coefficient (Wildman–Crippen LogP) is 2.73. The first-order chi connectivity index (χ1) is 12.5. The fraction of sp³-hybridized carbons (Fsp3) is 0.188. The molecule has 0 unspecified atom stereocenters. The summed E-state index contributed by atoms with van der Waals surface area (Å²) in [7, 11) is 0. The standard InChI is InChI=1S/C16H12N2O8/c19-16(10-2-1-3-13(4-10)17(20)21)25-8-12-6-14(18(22)23)5-11-7-24-9-26-15(11)12/h1-6H,7-9H2. The molecule has 2 aromatic carbocycles. The van der Waals surface area contributed by atoms with Gasteiger partial charge in [0.1, 0.15) is 12.4 Å². The van der Waals surface area contributed by atoms with E-state index >= 15 is 0 Å². The van der Waals surface area contributed by atoms with Gasteiger partial charge < -0.3 is 14.2 Å². The van der Waals surface area contributed by atoms with Gasteiger partial charge >= 0.3 is 5.97 Å². The molecule has 0 bridgehead atoms. The van der Waals surface area contributed by atoms with E-state index in [0.717, 1.165) is 6.07 Å². The minimum absolute atomic E-state index is 0.00255. The highest BCUT2D eigenvalue weighted by atomic mass is 16.7. The van der Waals surface area contributed by atoms with Gasteiger partial charge in [0.2, 0.25) is 0 Å². The van der Waals surface area contributed by atoms with E-state index in [1.165, 1.54) is 30.3 Å². The molecule has 134 valence electrons. The van der Waals surface area contributed by atoms with Crippen molar-refractivity contribution in [1.29, 1.82) is 0 Å². The lowest BCUT2D eigenvalue weighted by molar-refractivity contribution is -0.385. The number of hydrogen-bond acceptors (Lipinski definition) is 8. The molecule has 0 atom stereocenters. The number of ether oxygens (including phenoxy) is 3. The summed E-state index contributed by atoms with van der Waals surface area (Å²) in [5.74, 6) is -0.422. The van der Waals surface area contributed by atoms with Crippen molar-refractivity contribution in [1.82, 2.24) is 0 Å². The zero-order valence-corrected chi connectivity index (χ0v) is 13.2. The van der Waals surface area contributed by atoms with E-state index in [0.29, 0.717) is 16.9 Å². The first-order valence-electron chi connectivity index (χ1n) is 7.38. The average molecular weight is 360 g/mol. The Hall–Kier alpha value is -3.53. The second-order valence-electron chi connectivity index (χ2n) is 5.34. The van der Waals surface area contributed by atoms with Crippen LogP contribution in [-0.4, -0.2) is 22.6 Å². The fourth-order valence-corrected chi connectivity index (χ4v) is 2.47. The number of benzene rings is 2. The number of hydrogen-bond donors (Lipinski definition) is 0. The molecule has 1 aliphatic heterocycles. The molecule has 0 fully saturated rings. The van der Waals surface area contributed by atoms with Crippen LogP contribution in [-0.2, 0) is 22.7 Å². The number of non-ortho nitro benzene ring substituents is 2. The lowest BCUT2D eigenvalue weighted by Crippen LogP contribution is -2.15. The average Bonchev–Trinajstić information content (AvgIpc) is 2.65. The van der Waals surface area contributed by atoms with Crippen LogP contribution >= 0.6 is 0 Å². The zero-order chi connectivity index (χ0) is 18.7. The van der Waals surface area contributed by atoms with Crippen molar-refractivity contribution in [3.05, 3.63) is 73.3 Å². The van der Waals surface area contributed by atoms with Crippen LogP contribution in [0.2, 0.25) is 0 Å². The van der Waals surface area contributed by atoms with Crippen LogP contribution in [0.1, 0.15) is 21.5 Å². The number of nitrogens with zero attached hydrogens (tertiary/aromatic N) is 2. The molecule has 10 heteroatoms. The third-order valence-electron chi connectivity index (χ3n) is 3.63. The van der Waals surface area contributed by atoms with E-state index in [1.54, 1.807) is 0 Å². The maximum atomic E-state index is 12.1. The first kappa shape index (κ1) is 17.3. The summed E-state index contributed by atoms with van der Waals surface area (Å²) in [6.07, 6.45) is 0. The molecule has 0 spiro atoms. The minimum atomic E-state index is -0.791. The van der Waals surface area contributed by atoms with Crippen molar-refractivity contribution >= 4 is 17.3 Å². The Bertz CT molecular complexity index is 896.